The predicted octanol–water partition coefficient (Wildman–Crippen LogP) is 6.79. The molecule has 0 unspecified atom stereocenters. The normalized spacial score (nSPS) is 11.8. The van der Waals surface area contributed by atoms with Gasteiger partial charge in [0, 0.05) is 18.1 Å². The van der Waals surface area contributed by atoms with E-state index < -0.39 is 21.5 Å². The SMILES string of the molecule is CCS(=O)(=O)Oc1ccc(OCCCCCCN(C)C(=O)OC(C)(C)C)c(-c2ccc(Br)cc2)c1F. The molecule has 2 aromatic rings. The number of halogens is 2. The van der Waals surface area contributed by atoms with Crippen LogP contribution in [0.25, 0.3) is 11.1 Å². The topological polar surface area (TPSA) is 82.1 Å². The van der Waals surface area contributed by atoms with Crippen molar-refractivity contribution < 1.29 is 31.3 Å². The van der Waals surface area contributed by atoms with Crippen LogP contribution in [0.3, 0.4) is 0 Å². The molecule has 0 saturated carbocycles. The molecule has 0 aliphatic carbocycles. The van der Waals surface area contributed by atoms with Crippen molar-refractivity contribution in [3.63, 3.8) is 0 Å². The Hall–Kier alpha value is -2.33. The molecule has 0 bridgehead atoms. The number of amides is 1. The zero-order valence-corrected chi connectivity index (χ0v) is 23.9. The monoisotopic (exact) mass is 587 g/mol. The summed E-state index contributed by atoms with van der Waals surface area (Å²) in [5, 5.41) is 0. The largest absolute Gasteiger partial charge is 0.493 e. The Morgan fingerprint density at radius 2 is 1.61 bits per heavy atom. The summed E-state index contributed by atoms with van der Waals surface area (Å²) < 4.78 is 56.2. The third-order valence-corrected chi connectivity index (χ3v) is 6.79. The molecule has 0 atom stereocenters. The lowest BCUT2D eigenvalue weighted by atomic mass is 10.0. The second kappa shape index (κ2) is 13.3. The van der Waals surface area contributed by atoms with E-state index in [1.165, 1.54) is 19.1 Å². The molecule has 0 saturated heterocycles. The van der Waals surface area contributed by atoms with Gasteiger partial charge in [-0.15, -0.1) is 0 Å². The molecule has 7 nitrogen and oxygen atoms in total. The van der Waals surface area contributed by atoms with Crippen molar-refractivity contribution in [1.82, 2.24) is 4.90 Å². The number of carbonyl (C=O) groups is 1. The zero-order valence-electron chi connectivity index (χ0n) is 21.5. The van der Waals surface area contributed by atoms with Crippen molar-refractivity contribution in [1.29, 1.82) is 0 Å². The molecule has 0 aliphatic heterocycles. The first-order chi connectivity index (χ1) is 16.8. The highest BCUT2D eigenvalue weighted by Gasteiger charge is 2.21. The van der Waals surface area contributed by atoms with Crippen LogP contribution < -0.4 is 8.92 Å². The van der Waals surface area contributed by atoms with E-state index in [0.717, 1.165) is 30.2 Å². The number of rotatable bonds is 12. The van der Waals surface area contributed by atoms with Crippen LogP contribution in [0.4, 0.5) is 9.18 Å². The summed E-state index contributed by atoms with van der Waals surface area (Å²) >= 11 is 3.36. The fourth-order valence-electron chi connectivity index (χ4n) is 3.22. The van der Waals surface area contributed by atoms with Gasteiger partial charge in [-0.2, -0.15) is 8.42 Å². The average molecular weight is 589 g/mol. The maximum Gasteiger partial charge on any atom is 0.410 e. The lowest BCUT2D eigenvalue weighted by Crippen LogP contribution is -2.34. The van der Waals surface area contributed by atoms with Gasteiger partial charge in [-0.3, -0.25) is 0 Å². The summed E-state index contributed by atoms with van der Waals surface area (Å²) in [4.78, 5) is 13.6. The number of hydrogen-bond acceptors (Lipinski definition) is 6. The van der Waals surface area contributed by atoms with Gasteiger partial charge < -0.3 is 18.6 Å². The van der Waals surface area contributed by atoms with E-state index in [2.05, 4.69) is 15.9 Å². The average Bonchev–Trinajstić information content (AvgIpc) is 2.79. The summed E-state index contributed by atoms with van der Waals surface area (Å²) in [6.45, 7) is 7.88. The van der Waals surface area contributed by atoms with Crippen LogP contribution >= 0.6 is 15.9 Å². The van der Waals surface area contributed by atoms with Gasteiger partial charge in [0.2, 0.25) is 0 Å². The Kier molecular flexibility index (Phi) is 11.0. The molecule has 10 heteroatoms. The molecule has 36 heavy (non-hydrogen) atoms. The summed E-state index contributed by atoms with van der Waals surface area (Å²) in [6, 6.07) is 9.76. The Morgan fingerprint density at radius 1 is 1.00 bits per heavy atom. The highest BCUT2D eigenvalue weighted by Crippen LogP contribution is 2.38. The number of carbonyl (C=O) groups excluding carboxylic acids is 1. The lowest BCUT2D eigenvalue weighted by molar-refractivity contribution is 0.0296. The zero-order chi connectivity index (χ0) is 26.9. The van der Waals surface area contributed by atoms with Gasteiger partial charge >= 0.3 is 16.2 Å². The maximum absolute atomic E-state index is 15.4. The minimum absolute atomic E-state index is 0.144. The van der Waals surface area contributed by atoms with E-state index in [4.69, 9.17) is 13.7 Å². The molecule has 0 spiro atoms. The third kappa shape index (κ3) is 9.61. The molecule has 0 aliphatic rings. The van der Waals surface area contributed by atoms with Crippen molar-refractivity contribution in [3.8, 4) is 22.6 Å². The molecule has 0 aromatic heterocycles. The summed E-state index contributed by atoms with van der Waals surface area (Å²) in [6.07, 6.45) is 2.99. The number of ether oxygens (including phenoxy) is 2. The second-order valence-electron chi connectivity index (χ2n) is 9.35. The van der Waals surface area contributed by atoms with Crippen LogP contribution in [0, 0.1) is 5.82 Å². The Bertz CT molecular complexity index is 1120. The van der Waals surface area contributed by atoms with E-state index >= 15 is 4.39 Å². The quantitative estimate of drug-likeness (QED) is 0.201. The van der Waals surface area contributed by atoms with Crippen LogP contribution in [0.5, 0.6) is 11.5 Å². The van der Waals surface area contributed by atoms with Gasteiger partial charge in [-0.05, 0) is 70.4 Å². The highest BCUT2D eigenvalue weighted by molar-refractivity contribution is 9.10. The minimum Gasteiger partial charge on any atom is -0.493 e. The second-order valence-corrected chi connectivity index (χ2v) is 12.1. The number of unbranched alkanes of at least 4 members (excludes halogenated alkanes) is 3. The molecular formula is C26H35BrFNO6S. The summed E-state index contributed by atoms with van der Waals surface area (Å²) in [7, 11) is -2.17. The smallest absolute Gasteiger partial charge is 0.410 e. The third-order valence-electron chi connectivity index (χ3n) is 5.12. The molecule has 2 aromatic carbocycles. The van der Waals surface area contributed by atoms with Crippen LogP contribution in [0.2, 0.25) is 0 Å². The van der Waals surface area contributed by atoms with Gasteiger partial charge in [0.05, 0.1) is 17.9 Å². The first kappa shape index (κ1) is 29.9. The van der Waals surface area contributed by atoms with Crippen LogP contribution in [0.1, 0.15) is 53.4 Å². The fraction of sp³-hybridized carbons (Fsp3) is 0.500. The predicted molar refractivity (Wildman–Crippen MR) is 142 cm³/mol. The van der Waals surface area contributed by atoms with Gasteiger partial charge in [0.1, 0.15) is 11.4 Å². The van der Waals surface area contributed by atoms with Gasteiger partial charge in [0.25, 0.3) is 0 Å². The first-order valence-electron chi connectivity index (χ1n) is 11.9. The molecule has 0 heterocycles. The van der Waals surface area contributed by atoms with Gasteiger partial charge in [0.15, 0.2) is 11.6 Å². The number of benzene rings is 2. The lowest BCUT2D eigenvalue weighted by Gasteiger charge is -2.24. The standard InChI is InChI=1S/C26H35BrFNO6S/c1-6-36(31,32)35-22-16-15-21(23(24(22)28)19-11-13-20(27)14-12-19)33-18-10-8-7-9-17-29(5)25(30)34-26(2,3)4/h11-16H,6-10,17-18H2,1-5H3. The van der Waals surface area contributed by atoms with Crippen LogP contribution in [-0.2, 0) is 14.9 Å². The Balaban J connectivity index is 1.97. The fourth-order valence-corrected chi connectivity index (χ4v) is 4.01. The molecular weight excluding hydrogens is 553 g/mol. The van der Waals surface area contributed by atoms with Crippen molar-refractivity contribution in [2.45, 2.75) is 59.0 Å². The number of nitrogens with zero attached hydrogens (tertiary/aromatic N) is 1. The maximum atomic E-state index is 15.4. The van der Waals surface area contributed by atoms with Crippen molar-refractivity contribution in [2.24, 2.45) is 0 Å². The van der Waals surface area contributed by atoms with E-state index in [9.17, 15) is 13.2 Å². The van der Waals surface area contributed by atoms with Crippen molar-refractivity contribution in [2.75, 3.05) is 26.0 Å². The Morgan fingerprint density at radius 3 is 2.22 bits per heavy atom. The van der Waals surface area contributed by atoms with Crippen molar-refractivity contribution in [3.05, 3.63) is 46.7 Å². The molecule has 0 radical (unpaired) electrons. The van der Waals surface area contributed by atoms with Crippen LogP contribution in [0.15, 0.2) is 40.9 Å². The van der Waals surface area contributed by atoms with Crippen LogP contribution in [-0.4, -0.2) is 51.0 Å². The summed E-state index contributed by atoms with van der Waals surface area (Å²) in [5.41, 5.74) is 0.159. The molecule has 2 rings (SSSR count). The van der Waals surface area contributed by atoms with Gasteiger partial charge in [-0.1, -0.05) is 40.9 Å². The van der Waals surface area contributed by atoms with E-state index in [1.807, 2.05) is 20.8 Å². The first-order valence-corrected chi connectivity index (χ1v) is 14.3. The van der Waals surface area contributed by atoms with E-state index in [0.29, 0.717) is 24.5 Å². The van der Waals surface area contributed by atoms with Gasteiger partial charge in [-0.25, -0.2) is 9.18 Å². The van der Waals surface area contributed by atoms with E-state index in [-0.39, 0.29) is 23.2 Å². The Labute approximate surface area is 222 Å². The number of hydrogen-bond donors (Lipinski definition) is 0. The molecule has 0 N–H and O–H groups in total. The highest BCUT2D eigenvalue weighted by atomic mass is 79.9. The molecule has 200 valence electrons. The summed E-state index contributed by atoms with van der Waals surface area (Å²) in [5.74, 6) is -1.12. The van der Waals surface area contributed by atoms with Crippen molar-refractivity contribution >= 4 is 32.1 Å². The minimum atomic E-state index is -3.88. The molecule has 0 fully saturated rings. The van der Waals surface area contributed by atoms with E-state index in [1.54, 1.807) is 36.2 Å². The molecule has 1 amide bonds.